The highest BCUT2D eigenvalue weighted by Crippen LogP contribution is 2.29. The number of amides is 1. The molecule has 19 heavy (non-hydrogen) atoms. The average molecular weight is 263 g/mol. The number of carbonyl (C=O) groups is 2. The lowest BCUT2D eigenvalue weighted by atomic mass is 9.89. The lowest BCUT2D eigenvalue weighted by Crippen LogP contribution is -2.41. The Balaban J connectivity index is 1.99. The molecule has 1 saturated heterocycles. The fourth-order valence-electron chi connectivity index (χ4n) is 2.45. The number of hydrogen-bond acceptors (Lipinski definition) is 3. The Morgan fingerprint density at radius 3 is 2.58 bits per heavy atom. The monoisotopic (exact) mass is 263 g/mol. The smallest absolute Gasteiger partial charge is 0.394 e. The van der Waals surface area contributed by atoms with Crippen LogP contribution in [0.25, 0.3) is 0 Å². The zero-order valence-corrected chi connectivity index (χ0v) is 10.8. The summed E-state index contributed by atoms with van der Waals surface area (Å²) in [5, 5.41) is 8.68. The van der Waals surface area contributed by atoms with Gasteiger partial charge in [-0.3, -0.25) is 4.79 Å². The molecule has 1 fully saturated rings. The van der Waals surface area contributed by atoms with E-state index in [1.165, 1.54) is 10.5 Å². The molecule has 1 aliphatic heterocycles. The molecule has 0 saturated carbocycles. The van der Waals surface area contributed by atoms with Gasteiger partial charge in [-0.2, -0.15) is 0 Å². The Morgan fingerprint density at radius 1 is 1.32 bits per heavy atom. The van der Waals surface area contributed by atoms with Crippen molar-refractivity contribution in [3.8, 4) is 5.75 Å². The first-order valence-corrected chi connectivity index (χ1v) is 6.28. The third kappa shape index (κ3) is 3.05. The minimum Gasteiger partial charge on any atom is -0.497 e. The second-order valence-electron chi connectivity index (χ2n) is 4.65. The van der Waals surface area contributed by atoms with Gasteiger partial charge in [0.1, 0.15) is 5.75 Å². The minimum absolute atomic E-state index is 0.355. The Kier molecular flexibility index (Phi) is 4.04. The van der Waals surface area contributed by atoms with Crippen LogP contribution in [0, 0.1) is 0 Å². The maximum Gasteiger partial charge on any atom is 0.394 e. The second kappa shape index (κ2) is 5.73. The summed E-state index contributed by atoms with van der Waals surface area (Å²) in [5.74, 6) is -1.00. The van der Waals surface area contributed by atoms with Gasteiger partial charge in [-0.25, -0.2) is 4.79 Å². The van der Waals surface area contributed by atoms with Crippen molar-refractivity contribution >= 4 is 11.9 Å². The van der Waals surface area contributed by atoms with Gasteiger partial charge in [0.15, 0.2) is 0 Å². The van der Waals surface area contributed by atoms with E-state index in [9.17, 15) is 9.59 Å². The lowest BCUT2D eigenvalue weighted by molar-refractivity contribution is -0.156. The van der Waals surface area contributed by atoms with E-state index >= 15 is 0 Å². The number of carbonyl (C=O) groups excluding carboxylic acids is 1. The van der Waals surface area contributed by atoms with Crippen molar-refractivity contribution in [1.82, 2.24) is 4.90 Å². The molecule has 1 N–H and O–H groups in total. The maximum atomic E-state index is 11.3. The van der Waals surface area contributed by atoms with Crippen molar-refractivity contribution in [2.24, 2.45) is 0 Å². The molecule has 1 heterocycles. The van der Waals surface area contributed by atoms with Crippen LogP contribution < -0.4 is 4.74 Å². The van der Waals surface area contributed by atoms with Crippen molar-refractivity contribution in [3.05, 3.63) is 29.8 Å². The number of carboxylic acid groups (broad SMARTS) is 1. The number of nitrogens with zero attached hydrogens (tertiary/aromatic N) is 1. The van der Waals surface area contributed by atoms with Crippen LogP contribution in [0.5, 0.6) is 5.75 Å². The molecule has 0 aromatic heterocycles. The standard InChI is InChI=1S/C14H17NO4/c1-19-12-4-2-3-11(9-12)10-5-7-15(8-6-10)13(16)14(17)18/h2-4,9-10H,5-8H2,1H3,(H,17,18). The van der Waals surface area contributed by atoms with Gasteiger partial charge in [0.2, 0.25) is 0 Å². The van der Waals surface area contributed by atoms with Crippen LogP contribution in [0.3, 0.4) is 0 Å². The molecule has 0 spiro atoms. The number of likely N-dealkylation sites (tertiary alicyclic amines) is 1. The summed E-state index contributed by atoms with van der Waals surface area (Å²) >= 11 is 0. The molecular formula is C14H17NO4. The number of aliphatic carboxylic acids is 1. The van der Waals surface area contributed by atoms with Gasteiger partial charge < -0.3 is 14.7 Å². The molecule has 0 unspecified atom stereocenters. The Morgan fingerprint density at radius 2 is 2.00 bits per heavy atom. The van der Waals surface area contributed by atoms with E-state index in [-0.39, 0.29) is 0 Å². The van der Waals surface area contributed by atoms with Gasteiger partial charge in [-0.15, -0.1) is 0 Å². The molecule has 102 valence electrons. The molecule has 5 nitrogen and oxygen atoms in total. The summed E-state index contributed by atoms with van der Waals surface area (Å²) in [5.41, 5.74) is 1.18. The summed E-state index contributed by atoms with van der Waals surface area (Å²) in [7, 11) is 1.63. The number of hydrogen-bond donors (Lipinski definition) is 1. The van der Waals surface area contributed by atoms with Gasteiger partial charge in [0.05, 0.1) is 7.11 Å². The Labute approximate surface area is 111 Å². The van der Waals surface area contributed by atoms with E-state index in [1.54, 1.807) is 7.11 Å². The predicted octanol–water partition coefficient (Wildman–Crippen LogP) is 1.49. The van der Waals surface area contributed by atoms with Crippen molar-refractivity contribution < 1.29 is 19.4 Å². The zero-order chi connectivity index (χ0) is 13.8. The SMILES string of the molecule is COc1cccc(C2CCN(C(=O)C(=O)O)CC2)c1. The van der Waals surface area contributed by atoms with Crippen LogP contribution in [0.2, 0.25) is 0 Å². The van der Waals surface area contributed by atoms with Crippen LogP contribution in [0.1, 0.15) is 24.3 Å². The molecule has 1 amide bonds. The Hall–Kier alpha value is -2.04. The summed E-state index contributed by atoms with van der Waals surface area (Å²) < 4.78 is 5.19. The quantitative estimate of drug-likeness (QED) is 0.821. The van der Waals surface area contributed by atoms with Crippen molar-refractivity contribution in [1.29, 1.82) is 0 Å². The number of piperidine rings is 1. The molecule has 1 aromatic rings. The van der Waals surface area contributed by atoms with Crippen molar-refractivity contribution in [2.75, 3.05) is 20.2 Å². The normalized spacial score (nSPS) is 16.2. The molecule has 0 bridgehead atoms. The number of ether oxygens (including phenoxy) is 1. The van der Waals surface area contributed by atoms with E-state index in [0.717, 1.165) is 18.6 Å². The van der Waals surface area contributed by atoms with E-state index in [1.807, 2.05) is 24.3 Å². The molecule has 0 atom stereocenters. The highest BCUT2D eigenvalue weighted by Gasteiger charge is 2.27. The van der Waals surface area contributed by atoms with E-state index in [0.29, 0.717) is 19.0 Å². The number of benzene rings is 1. The first-order valence-electron chi connectivity index (χ1n) is 6.28. The largest absolute Gasteiger partial charge is 0.497 e. The zero-order valence-electron chi connectivity index (χ0n) is 10.8. The maximum absolute atomic E-state index is 11.3. The fourth-order valence-corrected chi connectivity index (χ4v) is 2.45. The van der Waals surface area contributed by atoms with Crippen molar-refractivity contribution in [2.45, 2.75) is 18.8 Å². The van der Waals surface area contributed by atoms with Gasteiger partial charge in [-0.1, -0.05) is 12.1 Å². The number of carboxylic acids is 1. The highest BCUT2D eigenvalue weighted by atomic mass is 16.5. The van der Waals surface area contributed by atoms with E-state index in [2.05, 4.69) is 0 Å². The predicted molar refractivity (Wildman–Crippen MR) is 69.2 cm³/mol. The first kappa shape index (κ1) is 13.4. The number of rotatable bonds is 2. The molecule has 0 radical (unpaired) electrons. The van der Waals surface area contributed by atoms with Gasteiger partial charge in [0.25, 0.3) is 0 Å². The van der Waals surface area contributed by atoms with Crippen LogP contribution in [0.15, 0.2) is 24.3 Å². The van der Waals surface area contributed by atoms with Crippen LogP contribution in [-0.4, -0.2) is 42.1 Å². The summed E-state index contributed by atoms with van der Waals surface area (Å²) in [4.78, 5) is 23.4. The fraction of sp³-hybridized carbons (Fsp3) is 0.429. The van der Waals surface area contributed by atoms with Gasteiger partial charge in [-0.05, 0) is 36.5 Å². The molecule has 1 aliphatic rings. The molecule has 1 aromatic carbocycles. The van der Waals surface area contributed by atoms with Crippen molar-refractivity contribution in [3.63, 3.8) is 0 Å². The summed E-state index contributed by atoms with van der Waals surface area (Å²) in [6.07, 6.45) is 1.57. The van der Waals surface area contributed by atoms with Crippen LogP contribution in [-0.2, 0) is 9.59 Å². The highest BCUT2D eigenvalue weighted by molar-refractivity contribution is 6.31. The lowest BCUT2D eigenvalue weighted by Gasteiger charge is -2.31. The first-order chi connectivity index (χ1) is 9.11. The molecular weight excluding hydrogens is 246 g/mol. The van der Waals surface area contributed by atoms with Crippen LogP contribution >= 0.6 is 0 Å². The third-order valence-corrected chi connectivity index (χ3v) is 3.53. The number of methoxy groups -OCH3 is 1. The summed E-state index contributed by atoms with van der Waals surface area (Å²) in [6, 6.07) is 7.89. The topological polar surface area (TPSA) is 66.8 Å². The third-order valence-electron chi connectivity index (χ3n) is 3.53. The molecule has 2 rings (SSSR count). The van der Waals surface area contributed by atoms with Gasteiger partial charge >= 0.3 is 11.9 Å². The minimum atomic E-state index is -1.38. The molecule has 5 heteroatoms. The summed E-state index contributed by atoms with van der Waals surface area (Å²) in [6.45, 7) is 0.986. The van der Waals surface area contributed by atoms with E-state index < -0.39 is 11.9 Å². The molecule has 0 aliphatic carbocycles. The van der Waals surface area contributed by atoms with Crippen LogP contribution in [0.4, 0.5) is 0 Å². The average Bonchev–Trinajstić information content (AvgIpc) is 2.46. The van der Waals surface area contributed by atoms with Gasteiger partial charge in [0, 0.05) is 13.1 Å². The second-order valence-corrected chi connectivity index (χ2v) is 4.65. The van der Waals surface area contributed by atoms with E-state index in [4.69, 9.17) is 9.84 Å². The Bertz CT molecular complexity index is 478.